The van der Waals surface area contributed by atoms with Crippen molar-refractivity contribution >= 4 is 11.5 Å². The molecule has 2 heterocycles. The van der Waals surface area contributed by atoms with Crippen LogP contribution < -0.4 is 5.32 Å². The van der Waals surface area contributed by atoms with Crippen molar-refractivity contribution in [3.05, 3.63) is 78.0 Å². The summed E-state index contributed by atoms with van der Waals surface area (Å²) in [5.74, 6) is 0.158. The monoisotopic (exact) mass is 332 g/mol. The fourth-order valence-electron chi connectivity index (χ4n) is 3.06. The second-order valence-corrected chi connectivity index (χ2v) is 5.92. The molecule has 3 aromatic rings. The summed E-state index contributed by atoms with van der Waals surface area (Å²) in [5.41, 5.74) is 5.36. The molecule has 0 aliphatic heterocycles. The summed E-state index contributed by atoms with van der Waals surface area (Å²) in [6, 6.07) is 11.7. The highest BCUT2D eigenvalue weighted by Gasteiger charge is 2.12. The van der Waals surface area contributed by atoms with E-state index in [1.165, 1.54) is 29.0 Å². The van der Waals surface area contributed by atoms with Crippen LogP contribution in [-0.4, -0.2) is 21.5 Å². The van der Waals surface area contributed by atoms with E-state index in [9.17, 15) is 4.39 Å². The molecule has 5 heteroatoms. The molecule has 4 nitrogen and oxygen atoms in total. The zero-order valence-corrected chi connectivity index (χ0v) is 13.6. The van der Waals surface area contributed by atoms with Crippen LogP contribution >= 0.6 is 0 Å². The van der Waals surface area contributed by atoms with E-state index in [1.54, 1.807) is 18.5 Å². The van der Waals surface area contributed by atoms with E-state index in [4.69, 9.17) is 0 Å². The molecule has 0 unspecified atom stereocenters. The number of nitrogens with one attached hydrogen (secondary N) is 1. The molecule has 1 N–H and O–H groups in total. The second-order valence-electron chi connectivity index (χ2n) is 5.92. The molecule has 0 saturated carbocycles. The highest BCUT2D eigenvalue weighted by atomic mass is 19.1. The maximum atomic E-state index is 13.3. The summed E-state index contributed by atoms with van der Waals surface area (Å²) in [6.45, 7) is 0.741. The third-order valence-electron chi connectivity index (χ3n) is 4.27. The first-order valence-corrected chi connectivity index (χ1v) is 8.25. The van der Waals surface area contributed by atoms with Crippen LogP contribution in [0.4, 0.5) is 10.3 Å². The maximum Gasteiger partial charge on any atom is 0.223 e. The van der Waals surface area contributed by atoms with Crippen LogP contribution in [0.3, 0.4) is 0 Å². The van der Waals surface area contributed by atoms with Gasteiger partial charge in [0.05, 0.1) is 11.9 Å². The molecule has 1 aliphatic rings. The number of fused-ring (bicyclic) bond motifs is 1. The molecule has 0 amide bonds. The molecule has 0 spiro atoms. The van der Waals surface area contributed by atoms with E-state index in [0.29, 0.717) is 17.2 Å². The van der Waals surface area contributed by atoms with Crippen LogP contribution in [0.25, 0.3) is 16.8 Å². The number of benzene rings is 1. The van der Waals surface area contributed by atoms with Crippen molar-refractivity contribution in [3.63, 3.8) is 0 Å². The summed E-state index contributed by atoms with van der Waals surface area (Å²) >= 11 is 0. The number of allylic oxidation sites excluding steroid dienone is 1. The Kier molecular flexibility index (Phi) is 4.21. The molecule has 2 aromatic heterocycles. The maximum absolute atomic E-state index is 13.3. The summed E-state index contributed by atoms with van der Waals surface area (Å²) < 4.78 is 13.3. The van der Waals surface area contributed by atoms with Gasteiger partial charge in [-0.1, -0.05) is 30.3 Å². The Morgan fingerprint density at radius 3 is 2.96 bits per heavy atom. The van der Waals surface area contributed by atoms with Crippen LogP contribution in [0.15, 0.2) is 61.1 Å². The van der Waals surface area contributed by atoms with Gasteiger partial charge in [0.1, 0.15) is 5.82 Å². The first-order valence-electron chi connectivity index (χ1n) is 8.25. The number of pyridine rings is 1. The molecule has 25 heavy (non-hydrogen) atoms. The number of aromatic nitrogens is 3. The molecule has 0 radical (unpaired) electrons. The molecule has 1 aliphatic carbocycles. The lowest BCUT2D eigenvalue weighted by molar-refractivity contribution is 0.622. The Morgan fingerprint density at radius 1 is 1.12 bits per heavy atom. The molecule has 0 fully saturated rings. The van der Waals surface area contributed by atoms with Gasteiger partial charge in [-0.05, 0) is 41.7 Å². The molecule has 0 atom stereocenters. The minimum atomic E-state index is -0.377. The number of hydrogen-bond acceptors (Lipinski definition) is 4. The number of anilines is 1. The van der Waals surface area contributed by atoms with E-state index < -0.39 is 0 Å². The van der Waals surface area contributed by atoms with Gasteiger partial charge in [-0.15, -0.1) is 0 Å². The third kappa shape index (κ3) is 3.40. The van der Waals surface area contributed by atoms with Gasteiger partial charge in [-0.2, -0.15) is 0 Å². The van der Waals surface area contributed by atoms with Crippen LogP contribution in [0.2, 0.25) is 0 Å². The Morgan fingerprint density at radius 2 is 2.04 bits per heavy atom. The van der Waals surface area contributed by atoms with E-state index >= 15 is 0 Å². The molecule has 0 saturated heterocycles. The third-order valence-corrected chi connectivity index (χ3v) is 4.27. The second kappa shape index (κ2) is 6.81. The SMILES string of the molecule is Fc1cncc(-c2ccnc(NCCC3=CCc4ccccc43)n2)c1. The number of rotatable bonds is 5. The lowest BCUT2D eigenvalue weighted by Crippen LogP contribution is -2.06. The summed E-state index contributed by atoms with van der Waals surface area (Å²) in [7, 11) is 0. The van der Waals surface area contributed by atoms with E-state index in [0.717, 1.165) is 19.4 Å². The van der Waals surface area contributed by atoms with Crippen LogP contribution in [0.5, 0.6) is 0 Å². The Labute approximate surface area is 145 Å². The van der Waals surface area contributed by atoms with Crippen molar-refractivity contribution in [2.75, 3.05) is 11.9 Å². The Balaban J connectivity index is 1.42. The van der Waals surface area contributed by atoms with Gasteiger partial charge < -0.3 is 5.32 Å². The zero-order valence-electron chi connectivity index (χ0n) is 13.6. The summed E-state index contributed by atoms with van der Waals surface area (Å²) in [5, 5.41) is 3.25. The average Bonchev–Trinajstić information content (AvgIpc) is 3.05. The van der Waals surface area contributed by atoms with Crippen LogP contribution in [-0.2, 0) is 6.42 Å². The predicted octanol–water partition coefficient (Wildman–Crippen LogP) is 4.12. The summed E-state index contributed by atoms with van der Waals surface area (Å²) in [6.07, 6.45) is 8.63. The predicted molar refractivity (Wildman–Crippen MR) is 96.5 cm³/mol. The molecule has 4 rings (SSSR count). The Hall–Kier alpha value is -3.08. The lowest BCUT2D eigenvalue weighted by atomic mass is 10.0. The fourth-order valence-corrected chi connectivity index (χ4v) is 3.06. The minimum absolute atomic E-state index is 0.377. The van der Waals surface area contributed by atoms with Crippen LogP contribution in [0.1, 0.15) is 17.5 Å². The summed E-state index contributed by atoms with van der Waals surface area (Å²) in [4.78, 5) is 12.5. The first-order chi connectivity index (χ1) is 12.3. The number of hydrogen-bond donors (Lipinski definition) is 1. The number of nitrogens with zero attached hydrogens (tertiary/aromatic N) is 3. The smallest absolute Gasteiger partial charge is 0.223 e. The zero-order chi connectivity index (χ0) is 17.1. The fraction of sp³-hybridized carbons (Fsp3) is 0.150. The van der Waals surface area contributed by atoms with Gasteiger partial charge in [0, 0.05) is 24.5 Å². The van der Waals surface area contributed by atoms with Gasteiger partial charge in [0.15, 0.2) is 0 Å². The van der Waals surface area contributed by atoms with Crippen molar-refractivity contribution in [3.8, 4) is 11.3 Å². The van der Waals surface area contributed by atoms with Gasteiger partial charge in [0.25, 0.3) is 0 Å². The minimum Gasteiger partial charge on any atom is -0.354 e. The number of halogens is 1. The molecular formula is C20H17FN4. The van der Waals surface area contributed by atoms with Crippen molar-refractivity contribution in [2.24, 2.45) is 0 Å². The van der Waals surface area contributed by atoms with Gasteiger partial charge >= 0.3 is 0 Å². The molecular weight excluding hydrogens is 315 g/mol. The average molecular weight is 332 g/mol. The highest BCUT2D eigenvalue weighted by molar-refractivity contribution is 5.73. The Bertz CT molecular complexity index is 936. The van der Waals surface area contributed by atoms with Crippen molar-refractivity contribution < 1.29 is 4.39 Å². The molecule has 1 aromatic carbocycles. The molecule has 0 bridgehead atoms. The van der Waals surface area contributed by atoms with E-state index in [1.807, 2.05) is 0 Å². The van der Waals surface area contributed by atoms with Crippen molar-refractivity contribution in [1.82, 2.24) is 15.0 Å². The highest BCUT2D eigenvalue weighted by Crippen LogP contribution is 2.29. The lowest BCUT2D eigenvalue weighted by Gasteiger charge is -2.08. The van der Waals surface area contributed by atoms with Crippen LogP contribution in [0, 0.1) is 5.82 Å². The van der Waals surface area contributed by atoms with E-state index in [2.05, 4.69) is 50.6 Å². The van der Waals surface area contributed by atoms with Crippen molar-refractivity contribution in [1.29, 1.82) is 0 Å². The standard InChI is InChI=1S/C20H17FN4/c21-17-11-16(12-22-13-17)19-8-10-24-20(25-19)23-9-7-15-6-5-14-3-1-2-4-18(14)15/h1-4,6,8,10-13H,5,7,9H2,(H,23,24,25). The van der Waals surface area contributed by atoms with Gasteiger partial charge in [0.2, 0.25) is 5.95 Å². The normalized spacial score (nSPS) is 12.6. The van der Waals surface area contributed by atoms with Crippen molar-refractivity contribution in [2.45, 2.75) is 12.8 Å². The largest absolute Gasteiger partial charge is 0.354 e. The topological polar surface area (TPSA) is 50.7 Å². The quantitative estimate of drug-likeness (QED) is 0.763. The van der Waals surface area contributed by atoms with E-state index in [-0.39, 0.29) is 5.82 Å². The van der Waals surface area contributed by atoms with Gasteiger partial charge in [-0.25, -0.2) is 14.4 Å². The van der Waals surface area contributed by atoms with Gasteiger partial charge in [-0.3, -0.25) is 4.98 Å². The molecule has 124 valence electrons. The first kappa shape index (κ1) is 15.4.